The highest BCUT2D eigenvalue weighted by atomic mass is 32.2. The smallest absolute Gasteiger partial charge is 0.349 e. The molecule has 4 aromatic rings. The van der Waals surface area contributed by atoms with Gasteiger partial charge in [-0.1, -0.05) is 30.3 Å². The molecule has 1 saturated carbocycles. The number of hydrogen-bond donors (Lipinski definition) is 1. The van der Waals surface area contributed by atoms with Gasteiger partial charge in [-0.05, 0) is 54.8 Å². The Morgan fingerprint density at radius 3 is 1.98 bits per heavy atom. The largest absolute Gasteiger partial charge is 0.430 e. The van der Waals surface area contributed by atoms with Crippen LogP contribution >= 0.6 is 0 Å². The normalized spacial score (nSPS) is 18.8. The quantitative estimate of drug-likeness (QED) is 0.156. The Morgan fingerprint density at radius 1 is 0.917 bits per heavy atom. The van der Waals surface area contributed by atoms with E-state index in [2.05, 4.69) is 15.2 Å². The minimum atomic E-state index is -6.22. The molecule has 0 radical (unpaired) electrons. The van der Waals surface area contributed by atoms with E-state index in [-0.39, 0.29) is 28.9 Å². The first-order valence-electron chi connectivity index (χ1n) is 13.9. The van der Waals surface area contributed by atoms with Crippen molar-refractivity contribution in [2.45, 2.75) is 53.1 Å². The Bertz CT molecular complexity index is 1880. The fourth-order valence-corrected chi connectivity index (χ4v) is 7.92. The van der Waals surface area contributed by atoms with Crippen LogP contribution in [0.4, 0.5) is 39.5 Å². The van der Waals surface area contributed by atoms with E-state index in [4.69, 9.17) is 0 Å². The van der Waals surface area contributed by atoms with Crippen molar-refractivity contribution in [1.29, 1.82) is 0 Å². The third kappa shape index (κ3) is 5.93. The molecule has 1 fully saturated rings. The summed E-state index contributed by atoms with van der Waals surface area (Å²) in [5, 5.41) is 6.50. The highest BCUT2D eigenvalue weighted by Crippen LogP contribution is 2.55. The van der Waals surface area contributed by atoms with Gasteiger partial charge in [0.25, 0.3) is 11.5 Å². The lowest BCUT2D eigenvalue weighted by Crippen LogP contribution is -2.57. The Labute approximate surface area is 267 Å². The standard InChI is InChI=1S/C31H24F9N3O4S/c1-43-16-18(15-41-43)27(44)42-22-13-28(14-22,48(45,46)23-11-9-21(32)10-12-23)19-5-7-20(8-6-19)29(30(35,36)37,31(38,39)40)47-17-24-25(33)3-2-4-26(24)34/h2-12,15-16,22H,13-14,17H2,1H3,(H,42,44). The second-order valence-corrected chi connectivity index (χ2v) is 13.4. The molecule has 0 spiro atoms. The molecule has 5 rings (SSSR count). The fraction of sp³-hybridized carbons (Fsp3) is 0.290. The minimum absolute atomic E-state index is 0.145. The van der Waals surface area contributed by atoms with Crippen LogP contribution in [0, 0.1) is 17.5 Å². The number of alkyl halides is 6. The zero-order chi connectivity index (χ0) is 35.3. The summed E-state index contributed by atoms with van der Waals surface area (Å²) in [5.74, 6) is -4.26. The lowest BCUT2D eigenvalue weighted by molar-refractivity contribution is -0.392. The molecule has 1 heterocycles. The number of halogens is 9. The van der Waals surface area contributed by atoms with Crippen LogP contribution in [-0.4, -0.2) is 42.5 Å². The molecule has 1 amide bonds. The van der Waals surface area contributed by atoms with Gasteiger partial charge in [0.15, 0.2) is 9.84 Å². The van der Waals surface area contributed by atoms with Gasteiger partial charge >= 0.3 is 12.4 Å². The van der Waals surface area contributed by atoms with Crippen LogP contribution in [0.1, 0.15) is 39.9 Å². The zero-order valence-corrected chi connectivity index (χ0v) is 25.4. The van der Waals surface area contributed by atoms with Gasteiger partial charge in [-0.25, -0.2) is 21.6 Å². The minimum Gasteiger partial charge on any atom is -0.349 e. The summed E-state index contributed by atoms with van der Waals surface area (Å²) < 4.78 is 160. The van der Waals surface area contributed by atoms with Crippen LogP contribution < -0.4 is 5.32 Å². The van der Waals surface area contributed by atoms with Gasteiger partial charge < -0.3 is 10.1 Å². The number of carbonyl (C=O) groups is 1. The fourth-order valence-electron chi connectivity index (χ4n) is 5.69. The van der Waals surface area contributed by atoms with Crippen molar-refractivity contribution >= 4 is 15.7 Å². The molecule has 0 aliphatic heterocycles. The lowest BCUT2D eigenvalue weighted by Gasteiger charge is -2.47. The van der Waals surface area contributed by atoms with Crippen molar-refractivity contribution in [3.8, 4) is 0 Å². The van der Waals surface area contributed by atoms with E-state index in [1.165, 1.54) is 17.1 Å². The summed E-state index contributed by atoms with van der Waals surface area (Å²) in [4.78, 5) is 12.3. The molecule has 256 valence electrons. The maximum atomic E-state index is 14.4. The topological polar surface area (TPSA) is 90.3 Å². The van der Waals surface area contributed by atoms with Crippen molar-refractivity contribution in [2.75, 3.05) is 0 Å². The van der Waals surface area contributed by atoms with Crippen molar-refractivity contribution in [3.05, 3.63) is 119 Å². The number of hydrogen-bond acceptors (Lipinski definition) is 5. The number of aromatic nitrogens is 2. The van der Waals surface area contributed by atoms with E-state index < -0.39 is 79.7 Å². The first-order chi connectivity index (χ1) is 22.3. The lowest BCUT2D eigenvalue weighted by atomic mass is 9.74. The van der Waals surface area contributed by atoms with Gasteiger partial charge in [-0.3, -0.25) is 9.48 Å². The number of rotatable bonds is 9. The molecule has 48 heavy (non-hydrogen) atoms. The van der Waals surface area contributed by atoms with Crippen molar-refractivity contribution in [3.63, 3.8) is 0 Å². The second kappa shape index (κ2) is 12.3. The van der Waals surface area contributed by atoms with E-state index in [0.717, 1.165) is 42.5 Å². The van der Waals surface area contributed by atoms with E-state index >= 15 is 0 Å². The number of nitrogens with zero attached hydrogens (tertiary/aromatic N) is 2. The number of amides is 1. The maximum Gasteiger partial charge on any atom is 0.430 e. The molecule has 1 aliphatic rings. The van der Waals surface area contributed by atoms with Crippen molar-refractivity contribution < 1.29 is 57.5 Å². The average Bonchev–Trinajstić information content (AvgIpc) is 3.41. The van der Waals surface area contributed by atoms with Gasteiger partial charge in [0.05, 0.1) is 23.3 Å². The molecule has 1 aliphatic carbocycles. The predicted octanol–water partition coefficient (Wildman–Crippen LogP) is 6.64. The molecule has 0 unspecified atom stereocenters. The molecule has 0 bridgehead atoms. The Balaban J connectivity index is 1.55. The first-order valence-corrected chi connectivity index (χ1v) is 15.4. The van der Waals surface area contributed by atoms with E-state index in [1.54, 1.807) is 7.05 Å². The van der Waals surface area contributed by atoms with Crippen LogP contribution in [0.25, 0.3) is 0 Å². The summed E-state index contributed by atoms with van der Waals surface area (Å²) in [6.45, 7) is -1.76. The number of sulfone groups is 1. The Morgan fingerprint density at radius 2 is 1.48 bits per heavy atom. The van der Waals surface area contributed by atoms with Crippen LogP contribution in [0.15, 0.2) is 84.0 Å². The molecule has 1 aromatic heterocycles. The molecule has 0 atom stereocenters. The van der Waals surface area contributed by atoms with Gasteiger partial charge in [-0.15, -0.1) is 0 Å². The number of nitrogens with one attached hydrogen (secondary N) is 1. The molecule has 1 N–H and O–H groups in total. The van der Waals surface area contributed by atoms with Crippen molar-refractivity contribution in [2.24, 2.45) is 7.05 Å². The van der Waals surface area contributed by atoms with Gasteiger partial charge in [0.1, 0.15) is 22.2 Å². The van der Waals surface area contributed by atoms with E-state index in [9.17, 15) is 52.7 Å². The van der Waals surface area contributed by atoms with Gasteiger partial charge in [0.2, 0.25) is 0 Å². The second-order valence-electron chi connectivity index (χ2n) is 11.2. The molecule has 17 heteroatoms. The highest BCUT2D eigenvalue weighted by Gasteiger charge is 2.73. The maximum absolute atomic E-state index is 14.4. The predicted molar refractivity (Wildman–Crippen MR) is 150 cm³/mol. The number of aryl methyl sites for hydroxylation is 1. The molecular weight excluding hydrogens is 681 g/mol. The van der Waals surface area contributed by atoms with E-state index in [1.807, 2.05) is 0 Å². The monoisotopic (exact) mass is 705 g/mol. The number of ether oxygens (including phenoxy) is 1. The van der Waals surface area contributed by atoms with Crippen molar-refractivity contribution in [1.82, 2.24) is 15.1 Å². The molecule has 3 aromatic carbocycles. The Kier molecular flexibility index (Phi) is 8.92. The van der Waals surface area contributed by atoms with E-state index in [0.29, 0.717) is 24.3 Å². The first kappa shape index (κ1) is 34.9. The summed E-state index contributed by atoms with van der Waals surface area (Å²) in [6, 6.07) is 7.18. The van der Waals surface area contributed by atoms with Gasteiger partial charge in [-0.2, -0.15) is 31.4 Å². The average molecular weight is 706 g/mol. The Hall–Kier alpha value is -4.38. The third-order valence-corrected chi connectivity index (χ3v) is 10.7. The number of benzene rings is 3. The zero-order valence-electron chi connectivity index (χ0n) is 24.5. The highest BCUT2D eigenvalue weighted by molar-refractivity contribution is 7.92. The SMILES string of the molecule is Cn1cc(C(=O)NC2CC(c3ccc(C(OCc4c(F)cccc4F)(C(F)(F)F)C(F)(F)F)cc3)(S(=O)(=O)c3ccc(F)cc3)C2)cn1. The summed E-state index contributed by atoms with van der Waals surface area (Å²) in [7, 11) is -2.96. The third-order valence-electron chi connectivity index (χ3n) is 8.20. The molecular formula is C31H24F9N3O4S. The van der Waals surface area contributed by atoms with Crippen LogP contribution in [0.3, 0.4) is 0 Å². The van der Waals surface area contributed by atoms with Crippen LogP contribution in [-0.2, 0) is 38.6 Å². The van der Waals surface area contributed by atoms with Crippen LogP contribution in [0.5, 0.6) is 0 Å². The summed E-state index contributed by atoms with van der Waals surface area (Å²) >= 11 is 0. The summed E-state index contributed by atoms with van der Waals surface area (Å²) in [5.41, 5.74) is -7.90. The molecule has 7 nitrogen and oxygen atoms in total. The van der Waals surface area contributed by atoms with Crippen LogP contribution in [0.2, 0.25) is 0 Å². The molecule has 0 saturated heterocycles. The number of carbonyl (C=O) groups excluding carboxylic acids is 1. The van der Waals surface area contributed by atoms with Gasteiger partial charge in [0, 0.05) is 30.4 Å². The summed E-state index contributed by atoms with van der Waals surface area (Å²) in [6.07, 6.45) is -10.5.